The second kappa shape index (κ2) is 5.49. The molecule has 1 unspecified atom stereocenters. The molecule has 4 heteroatoms. The first kappa shape index (κ1) is 13.5. The minimum Gasteiger partial charge on any atom is -0.459 e. The number of nitrogens with one attached hydrogen (secondary N) is 1. The van der Waals surface area contributed by atoms with Crippen molar-refractivity contribution in [3.05, 3.63) is 69.9 Å². The SMILES string of the molecule is CNC(c1cc2ccccc2o1)c1ccc(Cl)cc1Cl. The first-order chi connectivity index (χ1) is 9.69. The summed E-state index contributed by atoms with van der Waals surface area (Å²) >= 11 is 12.2. The zero-order valence-electron chi connectivity index (χ0n) is 10.9. The van der Waals surface area contributed by atoms with Gasteiger partial charge in [-0.25, -0.2) is 0 Å². The molecule has 1 heterocycles. The summed E-state index contributed by atoms with van der Waals surface area (Å²) in [5, 5.41) is 5.56. The Morgan fingerprint density at radius 3 is 2.55 bits per heavy atom. The fraction of sp³-hybridized carbons (Fsp3) is 0.125. The average Bonchev–Trinajstić information content (AvgIpc) is 2.85. The number of furan rings is 1. The van der Waals surface area contributed by atoms with E-state index >= 15 is 0 Å². The predicted octanol–water partition coefficient (Wildman–Crippen LogP) is 5.05. The number of benzene rings is 2. The third-order valence-electron chi connectivity index (χ3n) is 3.29. The molecule has 102 valence electrons. The second-order valence-electron chi connectivity index (χ2n) is 4.57. The van der Waals surface area contributed by atoms with Crippen LogP contribution < -0.4 is 5.32 Å². The molecule has 1 N–H and O–H groups in total. The first-order valence-electron chi connectivity index (χ1n) is 6.29. The van der Waals surface area contributed by atoms with Crippen molar-refractivity contribution in [3.8, 4) is 0 Å². The second-order valence-corrected chi connectivity index (χ2v) is 5.42. The van der Waals surface area contributed by atoms with Gasteiger partial charge >= 0.3 is 0 Å². The molecular formula is C16H13Cl2NO. The molecule has 0 aliphatic heterocycles. The van der Waals surface area contributed by atoms with Crippen LogP contribution in [0.5, 0.6) is 0 Å². The topological polar surface area (TPSA) is 25.2 Å². The zero-order chi connectivity index (χ0) is 14.1. The minimum absolute atomic E-state index is 0.104. The van der Waals surface area contributed by atoms with Gasteiger partial charge in [0.2, 0.25) is 0 Å². The highest BCUT2D eigenvalue weighted by Gasteiger charge is 2.19. The van der Waals surface area contributed by atoms with Crippen LogP contribution in [0.3, 0.4) is 0 Å². The fourth-order valence-electron chi connectivity index (χ4n) is 2.33. The monoisotopic (exact) mass is 305 g/mol. The van der Waals surface area contributed by atoms with Crippen molar-refractivity contribution in [1.82, 2.24) is 5.32 Å². The molecule has 1 atom stereocenters. The molecule has 0 saturated carbocycles. The summed E-state index contributed by atoms with van der Waals surface area (Å²) in [6, 6.07) is 15.3. The molecule has 0 aliphatic carbocycles. The van der Waals surface area contributed by atoms with Crippen LogP contribution in [-0.2, 0) is 0 Å². The predicted molar refractivity (Wildman–Crippen MR) is 83.6 cm³/mol. The van der Waals surface area contributed by atoms with Crippen LogP contribution in [0.4, 0.5) is 0 Å². The van der Waals surface area contributed by atoms with E-state index in [0.29, 0.717) is 10.0 Å². The van der Waals surface area contributed by atoms with Gasteiger partial charge in [-0.3, -0.25) is 0 Å². The van der Waals surface area contributed by atoms with Gasteiger partial charge in [0, 0.05) is 15.4 Å². The lowest BCUT2D eigenvalue weighted by atomic mass is 10.0. The van der Waals surface area contributed by atoms with Crippen LogP contribution in [0.2, 0.25) is 10.0 Å². The van der Waals surface area contributed by atoms with Gasteiger partial charge in [0.05, 0.1) is 6.04 Å². The molecule has 0 radical (unpaired) electrons. The van der Waals surface area contributed by atoms with Gasteiger partial charge in [0.1, 0.15) is 11.3 Å². The normalized spacial score (nSPS) is 12.8. The van der Waals surface area contributed by atoms with Crippen LogP contribution in [0.1, 0.15) is 17.4 Å². The molecular weight excluding hydrogens is 293 g/mol. The lowest BCUT2D eigenvalue weighted by Gasteiger charge is -2.15. The maximum absolute atomic E-state index is 6.29. The Labute approximate surface area is 127 Å². The summed E-state index contributed by atoms with van der Waals surface area (Å²) in [5.74, 6) is 0.831. The molecule has 0 fully saturated rings. The van der Waals surface area contributed by atoms with E-state index in [1.54, 1.807) is 6.07 Å². The summed E-state index contributed by atoms with van der Waals surface area (Å²) in [5.41, 5.74) is 1.81. The summed E-state index contributed by atoms with van der Waals surface area (Å²) < 4.78 is 5.91. The van der Waals surface area contributed by atoms with Crippen molar-refractivity contribution in [2.24, 2.45) is 0 Å². The number of fused-ring (bicyclic) bond motifs is 1. The Balaban J connectivity index is 2.08. The molecule has 0 amide bonds. The molecule has 20 heavy (non-hydrogen) atoms. The van der Waals surface area contributed by atoms with E-state index in [1.165, 1.54) is 0 Å². The van der Waals surface area contributed by atoms with Crippen LogP contribution in [0, 0.1) is 0 Å². The van der Waals surface area contributed by atoms with Crippen molar-refractivity contribution >= 4 is 34.2 Å². The number of hydrogen-bond donors (Lipinski definition) is 1. The smallest absolute Gasteiger partial charge is 0.134 e. The molecule has 2 nitrogen and oxygen atoms in total. The number of hydrogen-bond acceptors (Lipinski definition) is 2. The molecule has 0 aliphatic rings. The third-order valence-corrected chi connectivity index (χ3v) is 3.85. The van der Waals surface area contributed by atoms with E-state index in [9.17, 15) is 0 Å². The fourth-order valence-corrected chi connectivity index (χ4v) is 2.85. The highest BCUT2D eigenvalue weighted by molar-refractivity contribution is 6.35. The van der Waals surface area contributed by atoms with Crippen molar-refractivity contribution in [2.75, 3.05) is 7.05 Å². The molecule has 0 spiro atoms. The average molecular weight is 306 g/mol. The van der Waals surface area contributed by atoms with Gasteiger partial charge in [-0.05, 0) is 36.9 Å². The van der Waals surface area contributed by atoms with Crippen molar-refractivity contribution < 1.29 is 4.42 Å². The summed E-state index contributed by atoms with van der Waals surface area (Å²) in [6.07, 6.45) is 0. The van der Waals surface area contributed by atoms with Crippen molar-refractivity contribution in [3.63, 3.8) is 0 Å². The van der Waals surface area contributed by atoms with Gasteiger partial charge in [0.15, 0.2) is 0 Å². The highest BCUT2D eigenvalue weighted by Crippen LogP contribution is 2.33. The molecule has 3 rings (SSSR count). The van der Waals surface area contributed by atoms with E-state index in [1.807, 2.05) is 49.5 Å². The lowest BCUT2D eigenvalue weighted by Crippen LogP contribution is -2.17. The summed E-state index contributed by atoms with van der Waals surface area (Å²) in [6.45, 7) is 0. The van der Waals surface area contributed by atoms with Crippen molar-refractivity contribution in [1.29, 1.82) is 0 Å². The lowest BCUT2D eigenvalue weighted by molar-refractivity contribution is 0.492. The Kier molecular flexibility index (Phi) is 3.70. The Morgan fingerprint density at radius 2 is 1.85 bits per heavy atom. The molecule has 0 saturated heterocycles. The molecule has 2 aromatic carbocycles. The van der Waals surface area contributed by atoms with E-state index in [-0.39, 0.29) is 6.04 Å². The highest BCUT2D eigenvalue weighted by atomic mass is 35.5. The minimum atomic E-state index is -0.104. The van der Waals surface area contributed by atoms with E-state index in [2.05, 4.69) is 5.32 Å². The zero-order valence-corrected chi connectivity index (χ0v) is 12.4. The molecule has 3 aromatic rings. The number of para-hydroxylation sites is 1. The van der Waals surface area contributed by atoms with E-state index in [0.717, 1.165) is 22.3 Å². The van der Waals surface area contributed by atoms with Gasteiger partial charge in [-0.15, -0.1) is 0 Å². The quantitative estimate of drug-likeness (QED) is 0.732. The van der Waals surface area contributed by atoms with Gasteiger partial charge in [-0.2, -0.15) is 0 Å². The number of halogens is 2. The van der Waals surface area contributed by atoms with Gasteiger partial charge < -0.3 is 9.73 Å². The van der Waals surface area contributed by atoms with Gasteiger partial charge in [-0.1, -0.05) is 47.5 Å². The maximum Gasteiger partial charge on any atom is 0.134 e. The van der Waals surface area contributed by atoms with Crippen LogP contribution in [0.15, 0.2) is 52.9 Å². The standard InChI is InChI=1S/C16H13Cl2NO/c1-19-16(12-7-6-11(17)9-13(12)18)15-8-10-4-2-3-5-14(10)20-15/h2-9,16,19H,1H3. The Hall–Kier alpha value is -1.48. The Bertz CT molecular complexity index is 718. The largest absolute Gasteiger partial charge is 0.459 e. The summed E-state index contributed by atoms with van der Waals surface area (Å²) in [7, 11) is 1.88. The molecule has 1 aromatic heterocycles. The Morgan fingerprint density at radius 1 is 1.05 bits per heavy atom. The van der Waals surface area contributed by atoms with Crippen LogP contribution in [0.25, 0.3) is 11.0 Å². The summed E-state index contributed by atoms with van der Waals surface area (Å²) in [4.78, 5) is 0. The van der Waals surface area contributed by atoms with E-state index < -0.39 is 0 Å². The number of rotatable bonds is 3. The first-order valence-corrected chi connectivity index (χ1v) is 7.05. The van der Waals surface area contributed by atoms with Crippen molar-refractivity contribution in [2.45, 2.75) is 6.04 Å². The van der Waals surface area contributed by atoms with Crippen LogP contribution in [-0.4, -0.2) is 7.05 Å². The van der Waals surface area contributed by atoms with E-state index in [4.69, 9.17) is 27.6 Å². The maximum atomic E-state index is 6.29. The van der Waals surface area contributed by atoms with Crippen LogP contribution >= 0.6 is 23.2 Å². The third kappa shape index (κ3) is 2.42. The van der Waals surface area contributed by atoms with Gasteiger partial charge in [0.25, 0.3) is 0 Å². The molecule has 0 bridgehead atoms.